The molecule has 0 spiro atoms. The Morgan fingerprint density at radius 3 is 2.90 bits per heavy atom. The lowest BCUT2D eigenvalue weighted by atomic mass is 10.1. The topological polar surface area (TPSA) is 71.0 Å². The lowest BCUT2D eigenvalue weighted by molar-refractivity contribution is 0.0724. The number of H-pyrrole nitrogens is 1. The van der Waals surface area contributed by atoms with Gasteiger partial charge in [-0.05, 0) is 24.5 Å². The van der Waals surface area contributed by atoms with Crippen LogP contribution in [0.25, 0.3) is 0 Å². The molecule has 2 aromatic heterocycles. The highest BCUT2D eigenvalue weighted by molar-refractivity contribution is 6.29. The first-order valence-corrected chi connectivity index (χ1v) is 7.12. The molecule has 0 saturated carbocycles. The van der Waals surface area contributed by atoms with Crippen LogP contribution < -0.4 is 5.56 Å². The Kier molecular flexibility index (Phi) is 3.55. The van der Waals surface area contributed by atoms with Gasteiger partial charge in [0.15, 0.2) is 0 Å². The quantitative estimate of drug-likeness (QED) is 0.859. The SMILES string of the molecule is Cn1[nH]c(=O)cc1C(=O)N1CCCC1c1ccc(Cl)nc1. The number of nitrogens with zero attached hydrogens (tertiary/aromatic N) is 3. The molecule has 1 aliphatic heterocycles. The molecular formula is C14H15ClN4O2. The third-order valence-electron chi connectivity index (χ3n) is 3.77. The first kappa shape index (κ1) is 13.9. The Labute approximate surface area is 126 Å². The van der Waals surface area contributed by atoms with Crippen LogP contribution in [0, 0.1) is 0 Å². The highest BCUT2D eigenvalue weighted by Crippen LogP contribution is 2.32. The maximum Gasteiger partial charge on any atom is 0.272 e. The van der Waals surface area contributed by atoms with Crippen molar-refractivity contribution in [3.05, 3.63) is 51.2 Å². The number of carbonyl (C=O) groups is 1. The average Bonchev–Trinajstić information content (AvgIpc) is 3.05. The van der Waals surface area contributed by atoms with Gasteiger partial charge in [0, 0.05) is 25.9 Å². The first-order chi connectivity index (χ1) is 10.1. The number of halogens is 1. The lowest BCUT2D eigenvalue weighted by Gasteiger charge is -2.24. The second kappa shape index (κ2) is 5.37. The zero-order valence-corrected chi connectivity index (χ0v) is 12.3. The van der Waals surface area contributed by atoms with Crippen molar-refractivity contribution in [2.45, 2.75) is 18.9 Å². The number of amides is 1. The van der Waals surface area contributed by atoms with Gasteiger partial charge in [-0.15, -0.1) is 0 Å². The number of nitrogens with one attached hydrogen (secondary N) is 1. The zero-order chi connectivity index (χ0) is 15.0. The Hall–Kier alpha value is -2.08. The molecule has 0 aromatic carbocycles. The Morgan fingerprint density at radius 1 is 1.48 bits per heavy atom. The maximum atomic E-state index is 12.6. The van der Waals surface area contributed by atoms with E-state index in [4.69, 9.17) is 11.6 Å². The van der Waals surface area contributed by atoms with Gasteiger partial charge in [0.05, 0.1) is 6.04 Å². The van der Waals surface area contributed by atoms with E-state index in [9.17, 15) is 9.59 Å². The molecule has 2 aromatic rings. The van der Waals surface area contributed by atoms with Crippen molar-refractivity contribution in [2.75, 3.05) is 6.54 Å². The van der Waals surface area contributed by atoms with Crippen LogP contribution in [0.4, 0.5) is 0 Å². The van der Waals surface area contributed by atoms with E-state index in [0.29, 0.717) is 17.4 Å². The second-order valence-electron chi connectivity index (χ2n) is 5.14. The van der Waals surface area contributed by atoms with Crippen molar-refractivity contribution in [3.8, 4) is 0 Å². The summed E-state index contributed by atoms with van der Waals surface area (Å²) >= 11 is 5.80. The van der Waals surface area contributed by atoms with Crippen LogP contribution in [-0.2, 0) is 7.05 Å². The van der Waals surface area contributed by atoms with Crippen LogP contribution in [-0.4, -0.2) is 32.1 Å². The molecule has 1 atom stereocenters. The van der Waals surface area contributed by atoms with Gasteiger partial charge >= 0.3 is 0 Å². The summed E-state index contributed by atoms with van der Waals surface area (Å²) in [5.74, 6) is -0.145. The van der Waals surface area contributed by atoms with Gasteiger partial charge in [-0.2, -0.15) is 0 Å². The summed E-state index contributed by atoms with van der Waals surface area (Å²) in [5.41, 5.74) is 1.06. The lowest BCUT2D eigenvalue weighted by Crippen LogP contribution is -2.32. The van der Waals surface area contributed by atoms with Gasteiger partial charge in [0.1, 0.15) is 10.8 Å². The number of hydrogen-bond acceptors (Lipinski definition) is 3. The highest BCUT2D eigenvalue weighted by Gasteiger charge is 2.32. The molecule has 1 fully saturated rings. The van der Waals surface area contributed by atoms with Gasteiger partial charge in [0.25, 0.3) is 11.5 Å². The second-order valence-corrected chi connectivity index (χ2v) is 5.52. The number of aryl methyl sites for hydroxylation is 1. The van der Waals surface area contributed by atoms with E-state index in [1.807, 2.05) is 6.07 Å². The standard InChI is InChI=1S/C14H15ClN4O2/c1-18-11(7-13(20)17-18)14(21)19-6-2-3-10(19)9-4-5-12(15)16-8-9/h4-5,7-8,10H,2-3,6H2,1H3,(H,17,20). The fraction of sp³-hybridized carbons (Fsp3) is 0.357. The molecule has 3 rings (SSSR count). The fourth-order valence-electron chi connectivity index (χ4n) is 2.77. The predicted octanol–water partition coefficient (Wildman–Crippen LogP) is 1.74. The van der Waals surface area contributed by atoms with E-state index >= 15 is 0 Å². The number of rotatable bonds is 2. The first-order valence-electron chi connectivity index (χ1n) is 6.75. The van der Waals surface area contributed by atoms with Crippen LogP contribution in [0.15, 0.2) is 29.2 Å². The van der Waals surface area contributed by atoms with Gasteiger partial charge in [-0.1, -0.05) is 17.7 Å². The molecule has 110 valence electrons. The number of likely N-dealkylation sites (tertiary alicyclic amines) is 1. The molecule has 21 heavy (non-hydrogen) atoms. The van der Waals surface area contributed by atoms with Crippen molar-refractivity contribution in [2.24, 2.45) is 7.05 Å². The summed E-state index contributed by atoms with van der Waals surface area (Å²) in [6, 6.07) is 4.93. The van der Waals surface area contributed by atoms with Crippen LogP contribution in [0.3, 0.4) is 0 Å². The molecule has 1 aliphatic rings. The number of aromatic amines is 1. The summed E-state index contributed by atoms with van der Waals surface area (Å²) in [5, 5.41) is 2.99. The highest BCUT2D eigenvalue weighted by atomic mass is 35.5. The van der Waals surface area contributed by atoms with Crippen LogP contribution in [0.1, 0.15) is 34.9 Å². The van der Waals surface area contributed by atoms with E-state index < -0.39 is 0 Å². The van der Waals surface area contributed by atoms with E-state index in [1.165, 1.54) is 10.7 Å². The van der Waals surface area contributed by atoms with Crippen molar-refractivity contribution in [1.29, 1.82) is 0 Å². The van der Waals surface area contributed by atoms with Gasteiger partial charge in [-0.25, -0.2) is 4.98 Å². The molecule has 1 saturated heterocycles. The molecular weight excluding hydrogens is 292 g/mol. The molecule has 1 N–H and O–H groups in total. The third kappa shape index (κ3) is 2.58. The number of hydrogen-bond donors (Lipinski definition) is 1. The Bertz CT molecular complexity index is 719. The summed E-state index contributed by atoms with van der Waals surface area (Å²) in [6.07, 6.45) is 3.51. The third-order valence-corrected chi connectivity index (χ3v) is 4.00. The molecule has 0 aliphatic carbocycles. The fourth-order valence-corrected chi connectivity index (χ4v) is 2.88. The number of aromatic nitrogens is 3. The minimum Gasteiger partial charge on any atom is -0.330 e. The molecule has 0 radical (unpaired) electrons. The molecule has 1 unspecified atom stereocenters. The Balaban J connectivity index is 1.90. The summed E-state index contributed by atoms with van der Waals surface area (Å²) < 4.78 is 1.46. The van der Waals surface area contributed by atoms with Crippen LogP contribution >= 0.6 is 11.6 Å². The Morgan fingerprint density at radius 2 is 2.29 bits per heavy atom. The zero-order valence-electron chi connectivity index (χ0n) is 11.5. The van der Waals surface area contributed by atoms with Crippen molar-refractivity contribution < 1.29 is 4.79 Å². The molecule has 3 heterocycles. The van der Waals surface area contributed by atoms with Crippen LogP contribution in [0.2, 0.25) is 5.15 Å². The van der Waals surface area contributed by atoms with Gasteiger partial charge in [0.2, 0.25) is 0 Å². The minimum absolute atomic E-state index is 0.0210. The summed E-state index contributed by atoms with van der Waals surface area (Å²) in [4.78, 5) is 29.8. The smallest absolute Gasteiger partial charge is 0.272 e. The van der Waals surface area contributed by atoms with E-state index in [1.54, 1.807) is 24.2 Å². The van der Waals surface area contributed by atoms with E-state index in [0.717, 1.165) is 18.4 Å². The largest absolute Gasteiger partial charge is 0.330 e. The average molecular weight is 307 g/mol. The summed E-state index contributed by atoms with van der Waals surface area (Å²) in [7, 11) is 1.66. The monoisotopic (exact) mass is 306 g/mol. The van der Waals surface area contributed by atoms with Gasteiger partial charge in [-0.3, -0.25) is 19.4 Å². The van der Waals surface area contributed by atoms with Crippen molar-refractivity contribution in [1.82, 2.24) is 19.7 Å². The normalized spacial score (nSPS) is 18.2. The molecule has 6 nitrogen and oxygen atoms in total. The minimum atomic E-state index is -0.273. The molecule has 1 amide bonds. The molecule has 7 heteroatoms. The van der Waals surface area contributed by atoms with Crippen molar-refractivity contribution in [3.63, 3.8) is 0 Å². The van der Waals surface area contributed by atoms with Crippen LogP contribution in [0.5, 0.6) is 0 Å². The number of pyridine rings is 1. The van der Waals surface area contributed by atoms with Gasteiger partial charge < -0.3 is 4.90 Å². The summed E-state index contributed by atoms with van der Waals surface area (Å²) in [6.45, 7) is 0.672. The predicted molar refractivity (Wildman–Crippen MR) is 78.3 cm³/mol. The van der Waals surface area contributed by atoms with E-state index in [-0.39, 0.29) is 17.5 Å². The molecule has 0 bridgehead atoms. The number of carbonyl (C=O) groups excluding carboxylic acids is 1. The van der Waals surface area contributed by atoms with Crippen molar-refractivity contribution >= 4 is 17.5 Å². The van der Waals surface area contributed by atoms with E-state index in [2.05, 4.69) is 10.1 Å². The maximum absolute atomic E-state index is 12.6.